The van der Waals surface area contributed by atoms with E-state index in [2.05, 4.69) is 35.6 Å². The first kappa shape index (κ1) is 16.4. The summed E-state index contributed by atoms with van der Waals surface area (Å²) in [4.78, 5) is 0. The fraction of sp³-hybridized carbons (Fsp3) is 0.368. The van der Waals surface area contributed by atoms with Gasteiger partial charge < -0.3 is 15.2 Å². The molecule has 1 aliphatic heterocycles. The van der Waals surface area contributed by atoms with Gasteiger partial charge in [0.25, 0.3) is 0 Å². The van der Waals surface area contributed by atoms with Crippen LogP contribution in [0, 0.1) is 0 Å². The minimum Gasteiger partial charge on any atom is -0.491 e. The van der Waals surface area contributed by atoms with Gasteiger partial charge in [-0.05, 0) is 29.4 Å². The molecular weight excluding hydrogens is 306 g/mol. The van der Waals surface area contributed by atoms with Gasteiger partial charge in [0.05, 0.1) is 6.61 Å². The van der Waals surface area contributed by atoms with Crippen molar-refractivity contribution in [3.05, 3.63) is 65.2 Å². The number of aliphatic hydroxyl groups excluding tert-OH is 1. The van der Waals surface area contributed by atoms with Crippen LogP contribution >= 0.6 is 11.8 Å². The second kappa shape index (κ2) is 8.39. The molecule has 1 atom stereocenters. The third-order valence-electron chi connectivity index (χ3n) is 4.09. The molecule has 0 radical (unpaired) electrons. The highest BCUT2D eigenvalue weighted by molar-refractivity contribution is 7.99. The first-order chi connectivity index (χ1) is 11.4. The second-order valence-corrected chi connectivity index (χ2v) is 6.79. The first-order valence-electron chi connectivity index (χ1n) is 8.09. The van der Waals surface area contributed by atoms with E-state index in [0.717, 1.165) is 30.0 Å². The fourth-order valence-electron chi connectivity index (χ4n) is 2.92. The van der Waals surface area contributed by atoms with Crippen LogP contribution in [0.5, 0.6) is 5.75 Å². The Morgan fingerprint density at radius 3 is 2.87 bits per heavy atom. The Kier molecular flexibility index (Phi) is 5.97. The van der Waals surface area contributed by atoms with E-state index in [1.54, 1.807) is 0 Å². The summed E-state index contributed by atoms with van der Waals surface area (Å²) in [6, 6.07) is 17.1. The van der Waals surface area contributed by atoms with E-state index in [1.807, 2.05) is 30.0 Å². The topological polar surface area (TPSA) is 41.5 Å². The first-order valence-corrected chi connectivity index (χ1v) is 9.24. The maximum Gasteiger partial charge on any atom is 0.123 e. The molecule has 2 aromatic carbocycles. The maximum atomic E-state index is 8.95. The summed E-state index contributed by atoms with van der Waals surface area (Å²) in [5, 5.41) is 12.6. The Morgan fingerprint density at radius 1 is 1.13 bits per heavy atom. The van der Waals surface area contributed by atoms with Crippen molar-refractivity contribution in [2.24, 2.45) is 0 Å². The molecule has 4 heteroatoms. The summed E-state index contributed by atoms with van der Waals surface area (Å²) in [6.45, 7) is 1.13. The van der Waals surface area contributed by atoms with Gasteiger partial charge in [0, 0.05) is 23.9 Å². The molecule has 1 aliphatic rings. The van der Waals surface area contributed by atoms with Crippen molar-refractivity contribution in [2.75, 3.05) is 24.7 Å². The smallest absolute Gasteiger partial charge is 0.123 e. The number of nitrogens with one attached hydrogen (secondary N) is 1. The third-order valence-corrected chi connectivity index (χ3v) is 5.15. The Hall–Kier alpha value is -1.49. The summed E-state index contributed by atoms with van der Waals surface area (Å²) in [6.07, 6.45) is 1.15. The van der Waals surface area contributed by atoms with Crippen molar-refractivity contribution in [1.82, 2.24) is 5.32 Å². The van der Waals surface area contributed by atoms with Gasteiger partial charge in [0.1, 0.15) is 12.4 Å². The minimum atomic E-state index is 0.0361. The summed E-state index contributed by atoms with van der Waals surface area (Å²) in [7, 11) is 0. The fourth-order valence-corrected chi connectivity index (χ4v) is 3.99. The molecule has 23 heavy (non-hydrogen) atoms. The quantitative estimate of drug-likeness (QED) is 0.854. The number of aryl methyl sites for hydroxylation is 1. The van der Waals surface area contributed by atoms with Gasteiger partial charge in [-0.15, -0.1) is 0 Å². The minimum absolute atomic E-state index is 0.0361. The molecule has 2 aromatic rings. The number of rotatable bonds is 6. The molecule has 1 heterocycles. The highest BCUT2D eigenvalue weighted by Crippen LogP contribution is 2.28. The monoisotopic (exact) mass is 329 g/mol. The van der Waals surface area contributed by atoms with Gasteiger partial charge in [-0.25, -0.2) is 0 Å². The molecule has 0 unspecified atom stereocenters. The lowest BCUT2D eigenvalue weighted by atomic mass is 9.99. The molecule has 2 N–H and O–H groups in total. The van der Waals surface area contributed by atoms with Crippen molar-refractivity contribution in [3.63, 3.8) is 0 Å². The molecule has 0 amide bonds. The van der Waals surface area contributed by atoms with Gasteiger partial charge in [0.2, 0.25) is 0 Å². The van der Waals surface area contributed by atoms with Crippen molar-refractivity contribution >= 4 is 11.8 Å². The number of para-hydroxylation sites is 1. The van der Waals surface area contributed by atoms with Crippen LogP contribution in [0.2, 0.25) is 0 Å². The predicted molar refractivity (Wildman–Crippen MR) is 96.1 cm³/mol. The normalized spacial score (nSPS) is 17.3. The molecule has 0 aliphatic carbocycles. The molecule has 0 fully saturated rings. The number of thioether (sulfide) groups is 1. The van der Waals surface area contributed by atoms with Crippen LogP contribution in [0.1, 0.15) is 22.7 Å². The third kappa shape index (κ3) is 4.28. The Balaban J connectivity index is 1.71. The maximum absolute atomic E-state index is 8.95. The van der Waals surface area contributed by atoms with Crippen molar-refractivity contribution in [1.29, 1.82) is 0 Å². The van der Waals surface area contributed by atoms with Crippen molar-refractivity contribution < 1.29 is 9.84 Å². The molecule has 0 spiro atoms. The van der Waals surface area contributed by atoms with Crippen LogP contribution in [0.3, 0.4) is 0 Å². The van der Waals surface area contributed by atoms with Crippen molar-refractivity contribution in [3.8, 4) is 5.75 Å². The van der Waals surface area contributed by atoms with Gasteiger partial charge in [-0.1, -0.05) is 42.5 Å². The van der Waals surface area contributed by atoms with Crippen LogP contribution in [0.15, 0.2) is 48.5 Å². The summed E-state index contributed by atoms with van der Waals surface area (Å²) < 4.78 is 5.63. The van der Waals surface area contributed by atoms with Gasteiger partial charge >= 0.3 is 0 Å². The van der Waals surface area contributed by atoms with E-state index in [-0.39, 0.29) is 6.61 Å². The van der Waals surface area contributed by atoms with E-state index >= 15 is 0 Å². The number of aliphatic hydroxyl groups is 1. The highest BCUT2D eigenvalue weighted by Gasteiger charge is 2.18. The average molecular weight is 329 g/mol. The SMILES string of the molecule is OCCOc1ccccc1CN[C@H]1CSCCc2ccccc21. The van der Waals surface area contributed by atoms with Gasteiger partial charge in [-0.2, -0.15) is 11.8 Å². The van der Waals surface area contributed by atoms with Gasteiger partial charge in [0.15, 0.2) is 0 Å². The zero-order chi connectivity index (χ0) is 15.9. The molecule has 0 saturated carbocycles. The molecule has 3 nitrogen and oxygen atoms in total. The van der Waals surface area contributed by atoms with Crippen LogP contribution in [-0.4, -0.2) is 29.8 Å². The number of hydrogen-bond donors (Lipinski definition) is 2. The number of benzene rings is 2. The van der Waals surface area contributed by atoms with E-state index in [1.165, 1.54) is 16.9 Å². The van der Waals surface area contributed by atoms with Crippen LogP contribution in [0.25, 0.3) is 0 Å². The number of ether oxygens (including phenoxy) is 1. The number of hydrogen-bond acceptors (Lipinski definition) is 4. The molecular formula is C19H23NO2S. The lowest BCUT2D eigenvalue weighted by molar-refractivity contribution is 0.200. The van der Waals surface area contributed by atoms with Crippen LogP contribution < -0.4 is 10.1 Å². The molecule has 0 bridgehead atoms. The molecule has 0 aromatic heterocycles. The molecule has 0 saturated heterocycles. The summed E-state index contributed by atoms with van der Waals surface area (Å²) in [5.74, 6) is 3.13. The van der Waals surface area contributed by atoms with Gasteiger partial charge in [-0.3, -0.25) is 0 Å². The van der Waals surface area contributed by atoms with Crippen LogP contribution in [-0.2, 0) is 13.0 Å². The largest absolute Gasteiger partial charge is 0.491 e. The molecule has 122 valence electrons. The van der Waals surface area contributed by atoms with Crippen LogP contribution in [0.4, 0.5) is 0 Å². The average Bonchev–Trinajstić information content (AvgIpc) is 2.81. The van der Waals surface area contributed by atoms with E-state index in [9.17, 15) is 0 Å². The zero-order valence-electron chi connectivity index (χ0n) is 13.2. The summed E-state index contributed by atoms with van der Waals surface area (Å²) >= 11 is 2.01. The van der Waals surface area contributed by atoms with E-state index in [0.29, 0.717) is 12.6 Å². The highest BCUT2D eigenvalue weighted by atomic mass is 32.2. The molecule has 3 rings (SSSR count). The lowest BCUT2D eigenvalue weighted by Gasteiger charge is -2.20. The van der Waals surface area contributed by atoms with Crippen molar-refractivity contribution in [2.45, 2.75) is 19.0 Å². The number of fused-ring (bicyclic) bond motifs is 1. The second-order valence-electron chi connectivity index (χ2n) is 5.64. The summed E-state index contributed by atoms with van der Waals surface area (Å²) in [5.41, 5.74) is 4.01. The Labute approximate surface area is 142 Å². The van der Waals surface area contributed by atoms with E-state index < -0.39 is 0 Å². The van der Waals surface area contributed by atoms with E-state index in [4.69, 9.17) is 9.84 Å². The Morgan fingerprint density at radius 2 is 1.96 bits per heavy atom. The zero-order valence-corrected chi connectivity index (χ0v) is 14.0. The predicted octanol–water partition coefficient (Wildman–Crippen LogP) is 3.18. The standard InChI is InChI=1S/C19H23NO2S/c21-10-11-22-19-8-4-2-6-16(19)13-20-18-14-23-12-9-15-5-1-3-7-17(15)18/h1-8,18,20-21H,9-14H2/t18-/m0/s1. The Bertz CT molecular complexity index is 632. The lowest BCUT2D eigenvalue weighted by Crippen LogP contribution is -2.23.